The van der Waals surface area contributed by atoms with Crippen molar-refractivity contribution in [3.63, 3.8) is 0 Å². The van der Waals surface area contributed by atoms with Gasteiger partial charge < -0.3 is 10.2 Å². The van der Waals surface area contributed by atoms with Gasteiger partial charge in [0.2, 0.25) is 0 Å². The number of hydrogen-bond acceptors (Lipinski definition) is 3. The summed E-state index contributed by atoms with van der Waals surface area (Å²) in [5.74, 6) is 0.138. The largest absolute Gasteiger partial charge is 0.441 e. The Kier molecular flexibility index (Phi) is 4.94. The van der Waals surface area contributed by atoms with Crippen molar-refractivity contribution in [3.05, 3.63) is 0 Å². The highest BCUT2D eigenvalue weighted by Gasteiger charge is 2.34. The SMILES string of the molecule is CNCC1(C)CCN(CCSC(F)(F)F)C1. The van der Waals surface area contributed by atoms with E-state index in [-0.39, 0.29) is 22.9 Å². The van der Waals surface area contributed by atoms with E-state index in [0.717, 1.165) is 26.1 Å². The Morgan fingerprint density at radius 1 is 1.44 bits per heavy atom. The Morgan fingerprint density at radius 2 is 2.12 bits per heavy atom. The fourth-order valence-electron chi connectivity index (χ4n) is 2.18. The second-order valence-electron chi connectivity index (χ2n) is 4.66. The second-order valence-corrected chi connectivity index (χ2v) is 5.82. The quantitative estimate of drug-likeness (QED) is 0.811. The molecule has 1 atom stereocenters. The van der Waals surface area contributed by atoms with Gasteiger partial charge >= 0.3 is 5.51 Å². The summed E-state index contributed by atoms with van der Waals surface area (Å²) < 4.78 is 35.8. The van der Waals surface area contributed by atoms with Crippen molar-refractivity contribution in [1.82, 2.24) is 10.2 Å². The van der Waals surface area contributed by atoms with Crippen LogP contribution in [0.5, 0.6) is 0 Å². The summed E-state index contributed by atoms with van der Waals surface area (Å²) in [6.07, 6.45) is 1.06. The zero-order valence-electron chi connectivity index (χ0n) is 9.73. The molecule has 0 spiro atoms. The van der Waals surface area contributed by atoms with Crippen LogP contribution in [0.25, 0.3) is 0 Å². The minimum Gasteiger partial charge on any atom is -0.319 e. The van der Waals surface area contributed by atoms with Gasteiger partial charge in [0.1, 0.15) is 0 Å². The lowest BCUT2D eigenvalue weighted by Gasteiger charge is -2.24. The molecule has 1 saturated heterocycles. The first-order chi connectivity index (χ1) is 7.35. The van der Waals surface area contributed by atoms with Crippen molar-refractivity contribution in [1.29, 1.82) is 0 Å². The van der Waals surface area contributed by atoms with Crippen molar-refractivity contribution < 1.29 is 13.2 Å². The first-order valence-corrected chi connectivity index (χ1v) is 6.41. The van der Waals surface area contributed by atoms with Gasteiger partial charge in [-0.3, -0.25) is 0 Å². The van der Waals surface area contributed by atoms with Gasteiger partial charge in [-0.25, -0.2) is 0 Å². The molecule has 1 unspecified atom stereocenters. The maximum atomic E-state index is 11.9. The summed E-state index contributed by atoms with van der Waals surface area (Å²) in [5, 5.41) is 3.14. The minimum absolute atomic E-state index is 0.0766. The van der Waals surface area contributed by atoms with E-state index >= 15 is 0 Å². The molecule has 1 aliphatic heterocycles. The van der Waals surface area contributed by atoms with E-state index < -0.39 is 5.51 Å². The van der Waals surface area contributed by atoms with Crippen LogP contribution in [-0.4, -0.2) is 49.4 Å². The summed E-state index contributed by atoms with van der Waals surface area (Å²) >= 11 is 0.0766. The van der Waals surface area contributed by atoms with Crippen LogP contribution in [0, 0.1) is 5.41 Å². The van der Waals surface area contributed by atoms with Crippen LogP contribution in [0.1, 0.15) is 13.3 Å². The van der Waals surface area contributed by atoms with E-state index in [0.29, 0.717) is 6.54 Å². The first kappa shape index (κ1) is 14.1. The Hall–Kier alpha value is 0.0600. The van der Waals surface area contributed by atoms with Gasteiger partial charge in [-0.2, -0.15) is 13.2 Å². The molecular weight excluding hydrogens is 237 g/mol. The standard InChI is InChI=1S/C10H19F3N2S/c1-9(7-14-2)3-4-15(8-9)5-6-16-10(11,12)13/h14H,3-8H2,1-2H3. The predicted octanol–water partition coefficient (Wildman–Crippen LogP) is 2.17. The summed E-state index contributed by atoms with van der Waals surface area (Å²) in [6, 6.07) is 0. The Balaban J connectivity index is 2.21. The predicted molar refractivity (Wildman–Crippen MR) is 61.6 cm³/mol. The Labute approximate surface area is 98.9 Å². The Morgan fingerprint density at radius 3 is 2.69 bits per heavy atom. The molecule has 1 rings (SSSR count). The van der Waals surface area contributed by atoms with Crippen LogP contribution in [0.2, 0.25) is 0 Å². The van der Waals surface area contributed by atoms with Crippen molar-refractivity contribution in [2.24, 2.45) is 5.41 Å². The third-order valence-electron chi connectivity index (χ3n) is 2.91. The average molecular weight is 256 g/mol. The smallest absolute Gasteiger partial charge is 0.319 e. The highest BCUT2D eigenvalue weighted by Crippen LogP contribution is 2.32. The first-order valence-electron chi connectivity index (χ1n) is 5.42. The van der Waals surface area contributed by atoms with Crippen molar-refractivity contribution in [2.45, 2.75) is 18.9 Å². The monoisotopic (exact) mass is 256 g/mol. The Bertz CT molecular complexity index is 223. The minimum atomic E-state index is -4.09. The lowest BCUT2D eigenvalue weighted by Crippen LogP contribution is -2.33. The van der Waals surface area contributed by atoms with Gasteiger partial charge in [0.05, 0.1) is 0 Å². The van der Waals surface area contributed by atoms with Gasteiger partial charge in [-0.05, 0) is 37.2 Å². The molecule has 0 aromatic carbocycles. The third kappa shape index (κ3) is 4.93. The van der Waals surface area contributed by atoms with E-state index in [2.05, 4.69) is 17.1 Å². The highest BCUT2D eigenvalue weighted by atomic mass is 32.2. The topological polar surface area (TPSA) is 15.3 Å². The molecule has 0 aliphatic carbocycles. The van der Waals surface area contributed by atoms with E-state index in [1.54, 1.807) is 0 Å². The lowest BCUT2D eigenvalue weighted by molar-refractivity contribution is -0.0328. The average Bonchev–Trinajstić information content (AvgIpc) is 2.46. The molecule has 1 aliphatic rings. The molecule has 0 saturated carbocycles. The number of likely N-dealkylation sites (tertiary alicyclic amines) is 1. The normalized spacial score (nSPS) is 27.6. The maximum Gasteiger partial charge on any atom is 0.441 e. The lowest BCUT2D eigenvalue weighted by atomic mass is 9.90. The van der Waals surface area contributed by atoms with Crippen LogP contribution >= 0.6 is 11.8 Å². The number of nitrogens with one attached hydrogen (secondary N) is 1. The van der Waals surface area contributed by atoms with Gasteiger partial charge in [0.15, 0.2) is 0 Å². The molecule has 96 valence electrons. The molecule has 1 N–H and O–H groups in total. The van der Waals surface area contributed by atoms with Crippen molar-refractivity contribution in [3.8, 4) is 0 Å². The maximum absolute atomic E-state index is 11.9. The number of nitrogens with zero attached hydrogens (tertiary/aromatic N) is 1. The fourth-order valence-corrected chi connectivity index (χ4v) is 2.76. The highest BCUT2D eigenvalue weighted by molar-refractivity contribution is 8.00. The van der Waals surface area contributed by atoms with Crippen LogP contribution in [0.4, 0.5) is 13.2 Å². The summed E-state index contributed by atoms with van der Waals surface area (Å²) in [7, 11) is 1.91. The van der Waals surface area contributed by atoms with Gasteiger partial charge in [0, 0.05) is 25.4 Å². The van der Waals surface area contributed by atoms with E-state index in [4.69, 9.17) is 0 Å². The summed E-state index contributed by atoms with van der Waals surface area (Å²) in [6.45, 7) is 5.45. The molecule has 2 nitrogen and oxygen atoms in total. The van der Waals surface area contributed by atoms with Crippen LogP contribution in [-0.2, 0) is 0 Å². The molecule has 6 heteroatoms. The zero-order valence-corrected chi connectivity index (χ0v) is 10.5. The molecule has 16 heavy (non-hydrogen) atoms. The van der Waals surface area contributed by atoms with Crippen LogP contribution in [0.3, 0.4) is 0 Å². The number of halogens is 3. The fraction of sp³-hybridized carbons (Fsp3) is 1.00. The summed E-state index contributed by atoms with van der Waals surface area (Å²) in [5.41, 5.74) is -3.87. The molecule has 1 fully saturated rings. The number of alkyl halides is 3. The molecule has 0 radical (unpaired) electrons. The number of thioether (sulfide) groups is 1. The van der Waals surface area contributed by atoms with Gasteiger partial charge in [0.25, 0.3) is 0 Å². The van der Waals surface area contributed by atoms with Gasteiger partial charge in [-0.15, -0.1) is 0 Å². The van der Waals surface area contributed by atoms with E-state index in [1.807, 2.05) is 7.05 Å². The van der Waals surface area contributed by atoms with Crippen molar-refractivity contribution in [2.75, 3.05) is 39.0 Å². The molecule has 0 amide bonds. The molecule has 0 aromatic heterocycles. The molecule has 0 bridgehead atoms. The van der Waals surface area contributed by atoms with Gasteiger partial charge in [-0.1, -0.05) is 6.92 Å². The van der Waals surface area contributed by atoms with Crippen molar-refractivity contribution >= 4 is 11.8 Å². The van der Waals surface area contributed by atoms with E-state index in [1.165, 1.54) is 0 Å². The van der Waals surface area contributed by atoms with E-state index in [9.17, 15) is 13.2 Å². The zero-order chi connectivity index (χ0) is 12.2. The summed E-state index contributed by atoms with van der Waals surface area (Å²) in [4.78, 5) is 2.12. The number of rotatable bonds is 5. The number of hydrogen-bond donors (Lipinski definition) is 1. The third-order valence-corrected chi connectivity index (χ3v) is 3.63. The van der Waals surface area contributed by atoms with Crippen LogP contribution < -0.4 is 5.32 Å². The van der Waals surface area contributed by atoms with Crippen LogP contribution in [0.15, 0.2) is 0 Å². The molecule has 0 aromatic rings. The molecular formula is C10H19F3N2S. The second kappa shape index (κ2) is 5.60. The molecule has 1 heterocycles.